The van der Waals surface area contributed by atoms with Crippen molar-refractivity contribution in [1.29, 1.82) is 0 Å². The van der Waals surface area contributed by atoms with Gasteiger partial charge in [0.15, 0.2) is 0 Å². The molecule has 3 nitrogen and oxygen atoms in total. The molecule has 0 saturated heterocycles. The van der Waals surface area contributed by atoms with Crippen molar-refractivity contribution in [1.82, 2.24) is 5.32 Å². The zero-order valence-corrected chi connectivity index (χ0v) is 13.5. The fourth-order valence-electron chi connectivity index (χ4n) is 3.37. The SMILES string of the molecule is Cc1cccc(OCC(O)CNC2CC(C)CC(C)C2)c1. The molecule has 0 bridgehead atoms. The topological polar surface area (TPSA) is 41.5 Å². The third-order valence-electron chi connectivity index (χ3n) is 4.25. The van der Waals surface area contributed by atoms with Crippen LogP contribution >= 0.6 is 0 Å². The van der Waals surface area contributed by atoms with Crippen LogP contribution in [0.15, 0.2) is 24.3 Å². The normalized spacial score (nSPS) is 27.3. The van der Waals surface area contributed by atoms with Gasteiger partial charge in [0.05, 0.1) is 0 Å². The Hall–Kier alpha value is -1.06. The molecule has 1 saturated carbocycles. The summed E-state index contributed by atoms with van der Waals surface area (Å²) in [5, 5.41) is 13.6. The van der Waals surface area contributed by atoms with Crippen LogP contribution in [0.5, 0.6) is 5.75 Å². The second-order valence-corrected chi connectivity index (χ2v) is 6.80. The molecular formula is C18H29NO2. The van der Waals surface area contributed by atoms with Crippen LogP contribution < -0.4 is 10.1 Å². The van der Waals surface area contributed by atoms with Crippen molar-refractivity contribution in [2.45, 2.75) is 52.2 Å². The van der Waals surface area contributed by atoms with Crippen molar-refractivity contribution in [3.63, 3.8) is 0 Å². The lowest BCUT2D eigenvalue weighted by Crippen LogP contribution is -2.41. The van der Waals surface area contributed by atoms with Gasteiger partial charge in [-0.1, -0.05) is 26.0 Å². The summed E-state index contributed by atoms with van der Waals surface area (Å²) in [6, 6.07) is 8.47. The van der Waals surface area contributed by atoms with Gasteiger partial charge < -0.3 is 15.2 Å². The quantitative estimate of drug-likeness (QED) is 0.846. The zero-order chi connectivity index (χ0) is 15.2. The van der Waals surface area contributed by atoms with E-state index >= 15 is 0 Å². The predicted molar refractivity (Wildman–Crippen MR) is 86.7 cm³/mol. The highest BCUT2D eigenvalue weighted by Crippen LogP contribution is 2.28. The summed E-state index contributed by atoms with van der Waals surface area (Å²) < 4.78 is 5.64. The molecule has 118 valence electrons. The summed E-state index contributed by atoms with van der Waals surface area (Å²) in [4.78, 5) is 0. The fourth-order valence-corrected chi connectivity index (χ4v) is 3.37. The first kappa shape index (κ1) is 16.3. The van der Waals surface area contributed by atoms with Crippen molar-refractivity contribution in [3.05, 3.63) is 29.8 Å². The van der Waals surface area contributed by atoms with E-state index in [1.165, 1.54) is 24.8 Å². The molecule has 0 heterocycles. The maximum Gasteiger partial charge on any atom is 0.119 e. The van der Waals surface area contributed by atoms with E-state index in [1.54, 1.807) is 0 Å². The lowest BCUT2D eigenvalue weighted by Gasteiger charge is -2.32. The summed E-state index contributed by atoms with van der Waals surface area (Å²) in [6.45, 7) is 7.63. The van der Waals surface area contributed by atoms with Crippen molar-refractivity contribution < 1.29 is 9.84 Å². The van der Waals surface area contributed by atoms with E-state index in [1.807, 2.05) is 31.2 Å². The highest BCUT2D eigenvalue weighted by Gasteiger charge is 2.23. The maximum atomic E-state index is 10.1. The van der Waals surface area contributed by atoms with E-state index in [0.717, 1.165) is 17.6 Å². The maximum absolute atomic E-state index is 10.1. The molecule has 2 N–H and O–H groups in total. The zero-order valence-electron chi connectivity index (χ0n) is 13.5. The molecule has 1 aliphatic carbocycles. The first-order chi connectivity index (χ1) is 10.0. The molecule has 21 heavy (non-hydrogen) atoms. The molecule has 0 radical (unpaired) electrons. The Balaban J connectivity index is 1.68. The van der Waals surface area contributed by atoms with E-state index in [0.29, 0.717) is 19.2 Å². The largest absolute Gasteiger partial charge is 0.491 e. The second-order valence-electron chi connectivity index (χ2n) is 6.80. The van der Waals surface area contributed by atoms with Gasteiger partial charge in [-0.25, -0.2) is 0 Å². The molecule has 1 aliphatic rings. The van der Waals surface area contributed by atoms with Crippen LogP contribution in [0.25, 0.3) is 0 Å². The molecule has 1 aromatic rings. The molecule has 3 atom stereocenters. The molecule has 3 heteroatoms. The Bertz CT molecular complexity index is 425. The molecule has 0 amide bonds. The third-order valence-corrected chi connectivity index (χ3v) is 4.25. The summed E-state index contributed by atoms with van der Waals surface area (Å²) in [6.07, 6.45) is 3.31. The minimum Gasteiger partial charge on any atom is -0.491 e. The van der Waals surface area contributed by atoms with Crippen LogP contribution in [0, 0.1) is 18.8 Å². The number of hydrogen-bond donors (Lipinski definition) is 2. The van der Waals surface area contributed by atoms with Crippen LogP contribution in [0.1, 0.15) is 38.7 Å². The minimum absolute atomic E-state index is 0.342. The van der Waals surface area contributed by atoms with Crippen LogP contribution in [-0.4, -0.2) is 30.4 Å². The molecule has 0 spiro atoms. The van der Waals surface area contributed by atoms with Gasteiger partial charge in [0, 0.05) is 12.6 Å². The van der Waals surface area contributed by atoms with E-state index in [2.05, 4.69) is 19.2 Å². The summed E-state index contributed by atoms with van der Waals surface area (Å²) in [5.74, 6) is 2.40. The van der Waals surface area contributed by atoms with Gasteiger partial charge in [-0.3, -0.25) is 0 Å². The number of benzene rings is 1. The standard InChI is InChI=1S/C18H29NO2/c1-13-5-4-6-18(10-13)21-12-17(20)11-19-16-8-14(2)7-15(3)9-16/h4-6,10,14-17,19-20H,7-9,11-12H2,1-3H3. The summed E-state index contributed by atoms with van der Waals surface area (Å²) in [5.41, 5.74) is 1.17. The van der Waals surface area contributed by atoms with E-state index < -0.39 is 6.10 Å². The number of hydrogen-bond acceptors (Lipinski definition) is 3. The lowest BCUT2D eigenvalue weighted by atomic mass is 9.80. The van der Waals surface area contributed by atoms with E-state index in [-0.39, 0.29) is 0 Å². The average molecular weight is 291 g/mol. The number of aliphatic hydroxyl groups is 1. The van der Waals surface area contributed by atoms with Gasteiger partial charge in [-0.2, -0.15) is 0 Å². The number of nitrogens with one attached hydrogen (secondary N) is 1. The number of aryl methyl sites for hydroxylation is 1. The highest BCUT2D eigenvalue weighted by atomic mass is 16.5. The predicted octanol–water partition coefficient (Wildman–Crippen LogP) is 3.15. The molecule has 0 aliphatic heterocycles. The van der Waals surface area contributed by atoms with Crippen LogP contribution in [-0.2, 0) is 0 Å². The fraction of sp³-hybridized carbons (Fsp3) is 0.667. The van der Waals surface area contributed by atoms with Crippen molar-refractivity contribution >= 4 is 0 Å². The Labute approximate surface area is 128 Å². The Kier molecular flexibility index (Phi) is 6.07. The van der Waals surface area contributed by atoms with Crippen molar-refractivity contribution in [2.75, 3.05) is 13.2 Å². The Morgan fingerprint density at radius 2 is 1.95 bits per heavy atom. The average Bonchev–Trinajstić information content (AvgIpc) is 2.42. The number of rotatable bonds is 6. The van der Waals surface area contributed by atoms with Gasteiger partial charge in [0.1, 0.15) is 18.5 Å². The van der Waals surface area contributed by atoms with Gasteiger partial charge in [-0.15, -0.1) is 0 Å². The van der Waals surface area contributed by atoms with Crippen LogP contribution in [0.3, 0.4) is 0 Å². The van der Waals surface area contributed by atoms with E-state index in [4.69, 9.17) is 4.74 Å². The Morgan fingerprint density at radius 1 is 1.24 bits per heavy atom. The second kappa shape index (κ2) is 7.81. The molecule has 1 aromatic carbocycles. The Morgan fingerprint density at radius 3 is 2.62 bits per heavy atom. The van der Waals surface area contributed by atoms with Crippen molar-refractivity contribution in [2.24, 2.45) is 11.8 Å². The monoisotopic (exact) mass is 291 g/mol. The highest BCUT2D eigenvalue weighted by molar-refractivity contribution is 5.27. The smallest absolute Gasteiger partial charge is 0.119 e. The lowest BCUT2D eigenvalue weighted by molar-refractivity contribution is 0.0983. The van der Waals surface area contributed by atoms with Gasteiger partial charge in [-0.05, 0) is 55.7 Å². The molecule has 2 rings (SSSR count). The minimum atomic E-state index is -0.460. The molecule has 0 aromatic heterocycles. The summed E-state index contributed by atoms with van der Waals surface area (Å²) >= 11 is 0. The third kappa shape index (κ3) is 5.68. The number of aliphatic hydroxyl groups excluding tert-OH is 1. The first-order valence-corrected chi connectivity index (χ1v) is 8.14. The van der Waals surface area contributed by atoms with Gasteiger partial charge in [0.25, 0.3) is 0 Å². The first-order valence-electron chi connectivity index (χ1n) is 8.14. The van der Waals surface area contributed by atoms with Gasteiger partial charge >= 0.3 is 0 Å². The summed E-state index contributed by atoms with van der Waals surface area (Å²) in [7, 11) is 0. The van der Waals surface area contributed by atoms with Crippen molar-refractivity contribution in [3.8, 4) is 5.75 Å². The van der Waals surface area contributed by atoms with Gasteiger partial charge in [0.2, 0.25) is 0 Å². The number of ether oxygens (including phenoxy) is 1. The van der Waals surface area contributed by atoms with Crippen LogP contribution in [0.2, 0.25) is 0 Å². The van der Waals surface area contributed by atoms with Crippen LogP contribution in [0.4, 0.5) is 0 Å². The molecular weight excluding hydrogens is 262 g/mol. The molecule has 3 unspecified atom stereocenters. The molecule has 1 fully saturated rings. The van der Waals surface area contributed by atoms with E-state index in [9.17, 15) is 5.11 Å².